The lowest BCUT2D eigenvalue weighted by Gasteiger charge is -2.05. The average molecular weight is 298 g/mol. The fourth-order valence-corrected chi connectivity index (χ4v) is 1.75. The van der Waals surface area contributed by atoms with Gasteiger partial charge in [-0.3, -0.25) is 9.59 Å². The normalized spacial score (nSPS) is 10.8. The van der Waals surface area contributed by atoms with Crippen molar-refractivity contribution in [2.75, 3.05) is 13.2 Å². The quantitative estimate of drug-likeness (QED) is 0.291. The zero-order chi connectivity index (χ0) is 15.8. The number of allylic oxidation sites excluding steroid dienone is 1. The molecule has 0 N–H and O–H groups in total. The summed E-state index contributed by atoms with van der Waals surface area (Å²) < 4.78 is 10.2. The van der Waals surface area contributed by atoms with Crippen LogP contribution in [0.1, 0.15) is 71.6 Å². The van der Waals surface area contributed by atoms with Crippen molar-refractivity contribution in [1.82, 2.24) is 0 Å². The van der Waals surface area contributed by atoms with Gasteiger partial charge in [-0.05, 0) is 32.1 Å². The van der Waals surface area contributed by atoms with Gasteiger partial charge >= 0.3 is 11.9 Å². The summed E-state index contributed by atoms with van der Waals surface area (Å²) in [5, 5.41) is 0. The van der Waals surface area contributed by atoms with Gasteiger partial charge in [-0.25, -0.2) is 0 Å². The number of hydrogen-bond donors (Lipinski definition) is 0. The molecule has 0 rings (SSSR count). The number of hydrogen-bond acceptors (Lipinski definition) is 4. The molecule has 0 aliphatic rings. The Labute approximate surface area is 128 Å². The van der Waals surface area contributed by atoms with Crippen molar-refractivity contribution in [2.45, 2.75) is 71.6 Å². The molecule has 0 aliphatic carbocycles. The monoisotopic (exact) mass is 298 g/mol. The van der Waals surface area contributed by atoms with Gasteiger partial charge in [-0.1, -0.05) is 38.8 Å². The summed E-state index contributed by atoms with van der Waals surface area (Å²) in [6.45, 7) is 5.13. The molecule has 0 unspecified atom stereocenters. The Kier molecular flexibility index (Phi) is 14.1. The average Bonchev–Trinajstić information content (AvgIpc) is 2.48. The molecule has 0 atom stereocenters. The maximum atomic E-state index is 11.4. The van der Waals surface area contributed by atoms with Gasteiger partial charge in [0, 0.05) is 12.8 Å². The lowest BCUT2D eigenvalue weighted by atomic mass is 10.2. The minimum atomic E-state index is -0.184. The Hall–Kier alpha value is -1.32. The highest BCUT2D eigenvalue weighted by molar-refractivity contribution is 5.70. The summed E-state index contributed by atoms with van der Waals surface area (Å²) in [7, 11) is 0. The van der Waals surface area contributed by atoms with E-state index in [4.69, 9.17) is 9.47 Å². The molecule has 0 aliphatic heterocycles. The summed E-state index contributed by atoms with van der Waals surface area (Å²) in [6, 6.07) is 0. The second kappa shape index (κ2) is 15.1. The molecule has 0 spiro atoms. The zero-order valence-electron chi connectivity index (χ0n) is 13.6. The van der Waals surface area contributed by atoms with Crippen molar-refractivity contribution in [3.05, 3.63) is 12.2 Å². The number of carbonyl (C=O) groups is 2. The Morgan fingerprint density at radius 2 is 1.43 bits per heavy atom. The molecule has 0 saturated carbocycles. The Morgan fingerprint density at radius 3 is 2.00 bits per heavy atom. The highest BCUT2D eigenvalue weighted by atomic mass is 16.5. The first-order valence-electron chi connectivity index (χ1n) is 8.16. The Bertz CT molecular complexity index is 297. The summed E-state index contributed by atoms with van der Waals surface area (Å²) in [5.74, 6) is -0.347. The van der Waals surface area contributed by atoms with Crippen molar-refractivity contribution in [3.63, 3.8) is 0 Å². The van der Waals surface area contributed by atoms with Crippen LogP contribution in [0, 0.1) is 0 Å². The van der Waals surface area contributed by atoms with Crippen LogP contribution < -0.4 is 0 Å². The van der Waals surface area contributed by atoms with Gasteiger partial charge in [-0.2, -0.15) is 0 Å². The van der Waals surface area contributed by atoms with Gasteiger partial charge < -0.3 is 9.47 Å². The van der Waals surface area contributed by atoms with Crippen molar-refractivity contribution in [1.29, 1.82) is 0 Å². The molecule has 0 aromatic heterocycles. The molecule has 4 nitrogen and oxygen atoms in total. The SMILES string of the molecule is CC/C=C/CCOC(=O)CCCCC(=O)OCCCCC. The minimum Gasteiger partial charge on any atom is -0.466 e. The van der Waals surface area contributed by atoms with E-state index >= 15 is 0 Å². The molecule has 0 heterocycles. The maximum absolute atomic E-state index is 11.4. The second-order valence-electron chi connectivity index (χ2n) is 5.02. The third kappa shape index (κ3) is 14.9. The largest absolute Gasteiger partial charge is 0.466 e. The van der Waals surface area contributed by atoms with Gasteiger partial charge in [0.1, 0.15) is 0 Å². The lowest BCUT2D eigenvalue weighted by molar-refractivity contribution is -0.145. The topological polar surface area (TPSA) is 52.6 Å². The summed E-state index contributed by atoms with van der Waals surface area (Å²) in [5.41, 5.74) is 0. The first-order chi connectivity index (χ1) is 10.2. The van der Waals surface area contributed by atoms with Gasteiger partial charge in [0.25, 0.3) is 0 Å². The van der Waals surface area contributed by atoms with E-state index in [1.807, 2.05) is 6.08 Å². The minimum absolute atomic E-state index is 0.163. The van der Waals surface area contributed by atoms with Crippen LogP contribution in [0.4, 0.5) is 0 Å². The Morgan fingerprint density at radius 1 is 0.810 bits per heavy atom. The van der Waals surface area contributed by atoms with E-state index in [0.717, 1.165) is 32.1 Å². The van der Waals surface area contributed by atoms with Crippen LogP contribution in [0.3, 0.4) is 0 Å². The van der Waals surface area contributed by atoms with E-state index in [1.54, 1.807) is 0 Å². The predicted octanol–water partition coefficient (Wildman–Crippen LogP) is 4.18. The molecular formula is C17H30O4. The van der Waals surface area contributed by atoms with Crippen LogP contribution in [0.15, 0.2) is 12.2 Å². The third-order valence-electron chi connectivity index (χ3n) is 2.97. The highest BCUT2D eigenvalue weighted by Gasteiger charge is 2.05. The summed E-state index contributed by atoms with van der Waals surface area (Å²) in [4.78, 5) is 22.8. The van der Waals surface area contributed by atoms with E-state index in [0.29, 0.717) is 38.9 Å². The van der Waals surface area contributed by atoms with Crippen molar-refractivity contribution in [2.24, 2.45) is 0 Å². The van der Waals surface area contributed by atoms with Gasteiger partial charge in [0.2, 0.25) is 0 Å². The third-order valence-corrected chi connectivity index (χ3v) is 2.97. The summed E-state index contributed by atoms with van der Waals surface area (Å²) in [6.07, 6.45) is 11.1. The van der Waals surface area contributed by atoms with Crippen molar-refractivity contribution >= 4 is 11.9 Å². The van der Waals surface area contributed by atoms with Gasteiger partial charge in [0.15, 0.2) is 0 Å². The number of unbranched alkanes of at least 4 members (excludes halogenated alkanes) is 3. The number of esters is 2. The molecule has 0 amide bonds. The predicted molar refractivity (Wildman–Crippen MR) is 84.0 cm³/mol. The van der Waals surface area contributed by atoms with Crippen LogP contribution in [0.2, 0.25) is 0 Å². The fraction of sp³-hybridized carbons (Fsp3) is 0.765. The van der Waals surface area contributed by atoms with E-state index in [9.17, 15) is 9.59 Å². The van der Waals surface area contributed by atoms with E-state index in [1.165, 1.54) is 0 Å². The molecule has 0 fully saturated rings. The molecule has 4 heteroatoms. The van der Waals surface area contributed by atoms with Crippen molar-refractivity contribution < 1.29 is 19.1 Å². The molecule has 0 aromatic carbocycles. The van der Waals surface area contributed by atoms with Gasteiger partial charge in [-0.15, -0.1) is 0 Å². The molecule has 0 radical (unpaired) electrons. The first-order valence-corrected chi connectivity index (χ1v) is 8.16. The van der Waals surface area contributed by atoms with E-state index < -0.39 is 0 Å². The maximum Gasteiger partial charge on any atom is 0.305 e. The van der Waals surface area contributed by atoms with Crippen LogP contribution >= 0.6 is 0 Å². The molecular weight excluding hydrogens is 268 g/mol. The fourth-order valence-electron chi connectivity index (χ4n) is 1.75. The number of ether oxygens (including phenoxy) is 2. The molecule has 0 saturated heterocycles. The van der Waals surface area contributed by atoms with Crippen molar-refractivity contribution in [3.8, 4) is 0 Å². The lowest BCUT2D eigenvalue weighted by Crippen LogP contribution is -2.07. The summed E-state index contributed by atoms with van der Waals surface area (Å²) >= 11 is 0. The molecule has 0 bridgehead atoms. The second-order valence-corrected chi connectivity index (χ2v) is 5.02. The van der Waals surface area contributed by atoms with E-state index in [2.05, 4.69) is 19.9 Å². The highest BCUT2D eigenvalue weighted by Crippen LogP contribution is 2.04. The first kappa shape index (κ1) is 19.7. The Balaban J connectivity index is 3.38. The molecule has 21 heavy (non-hydrogen) atoms. The number of rotatable bonds is 13. The zero-order valence-corrected chi connectivity index (χ0v) is 13.6. The van der Waals surface area contributed by atoms with Crippen LogP contribution in [0.25, 0.3) is 0 Å². The van der Waals surface area contributed by atoms with Crippen LogP contribution in [0.5, 0.6) is 0 Å². The molecule has 0 aromatic rings. The van der Waals surface area contributed by atoms with Crippen LogP contribution in [-0.4, -0.2) is 25.2 Å². The van der Waals surface area contributed by atoms with Gasteiger partial charge in [0.05, 0.1) is 13.2 Å². The molecule has 122 valence electrons. The standard InChI is InChI=1S/C17H30O4/c1-3-5-7-11-15-21-17(19)13-9-8-12-16(18)20-14-10-6-4-2/h5,7H,3-4,6,8-15H2,1-2H3/b7-5+. The van der Waals surface area contributed by atoms with E-state index in [-0.39, 0.29) is 11.9 Å². The smallest absolute Gasteiger partial charge is 0.305 e. The van der Waals surface area contributed by atoms with Crippen LogP contribution in [-0.2, 0) is 19.1 Å². The number of carbonyl (C=O) groups excluding carboxylic acids is 2.